The number of pyridine rings is 1. The quantitative estimate of drug-likeness (QED) is 0.382. The lowest BCUT2D eigenvalue weighted by Gasteiger charge is -2.43. The first-order valence-electron chi connectivity index (χ1n) is 12.5. The van der Waals surface area contributed by atoms with Gasteiger partial charge in [0.15, 0.2) is 0 Å². The molecule has 3 N–H and O–H groups in total. The molecule has 1 saturated carbocycles. The Kier molecular flexibility index (Phi) is 9.50. The Morgan fingerprint density at radius 3 is 2.70 bits per heavy atom. The van der Waals surface area contributed by atoms with Crippen molar-refractivity contribution in [2.75, 3.05) is 18.5 Å². The van der Waals surface area contributed by atoms with Crippen LogP contribution in [0.3, 0.4) is 0 Å². The number of carboxylic acids is 1. The summed E-state index contributed by atoms with van der Waals surface area (Å²) in [6.07, 6.45) is 7.67. The Hall–Kier alpha value is -2.19. The molecule has 1 aliphatic carbocycles. The molecule has 8 heteroatoms. The molecule has 0 spiro atoms. The number of carbonyl (C=O) groups excluding carboxylic acids is 1. The van der Waals surface area contributed by atoms with Gasteiger partial charge in [0, 0.05) is 24.9 Å². The van der Waals surface area contributed by atoms with E-state index >= 15 is 0 Å². The topological polar surface area (TPSA) is 112 Å². The molecule has 0 bridgehead atoms. The second kappa shape index (κ2) is 12.3. The number of hydrogen-bond donors (Lipinski definition) is 3. The van der Waals surface area contributed by atoms with Crippen LogP contribution in [0.5, 0.6) is 0 Å². The van der Waals surface area contributed by atoms with Gasteiger partial charge in [-0.2, -0.15) is 0 Å². The smallest absolute Gasteiger partial charge is 0.325 e. The van der Waals surface area contributed by atoms with Crippen LogP contribution in [-0.4, -0.2) is 57.4 Å². The molecule has 0 radical (unpaired) electrons. The molecule has 3 rings (SSSR count). The number of fused-ring (bicyclic) bond motifs is 1. The Morgan fingerprint density at radius 2 is 2.03 bits per heavy atom. The zero-order chi connectivity index (χ0) is 23.8. The highest BCUT2D eigenvalue weighted by Crippen LogP contribution is 2.37. The fraction of sp³-hybridized carbons (Fsp3) is 0.720. The lowest BCUT2D eigenvalue weighted by molar-refractivity contribution is -0.234. The number of aliphatic hydroxyl groups is 1. The molecule has 2 aliphatic rings. The van der Waals surface area contributed by atoms with Crippen molar-refractivity contribution in [3.05, 3.63) is 23.4 Å². The SMILES string of the molecule is CCC(CC)CC(=O)ON(C1CC(CCc2ccc3c(n2)NCCC3)C1)[C@@H](CCO)C(=O)O. The number of nitrogens with one attached hydrogen (secondary N) is 1. The minimum atomic E-state index is -1.08. The third kappa shape index (κ3) is 6.90. The summed E-state index contributed by atoms with van der Waals surface area (Å²) in [5.41, 5.74) is 2.35. The van der Waals surface area contributed by atoms with Gasteiger partial charge in [0.05, 0.1) is 6.42 Å². The van der Waals surface area contributed by atoms with Gasteiger partial charge in [-0.15, -0.1) is 5.06 Å². The van der Waals surface area contributed by atoms with Gasteiger partial charge in [0.1, 0.15) is 11.9 Å². The van der Waals surface area contributed by atoms with Crippen molar-refractivity contribution in [2.24, 2.45) is 11.8 Å². The summed E-state index contributed by atoms with van der Waals surface area (Å²) in [6, 6.07) is 3.11. The number of aliphatic hydroxyl groups excluding tert-OH is 1. The van der Waals surface area contributed by atoms with E-state index in [4.69, 9.17) is 9.82 Å². The molecule has 0 aromatic carbocycles. The third-order valence-corrected chi connectivity index (χ3v) is 7.14. The van der Waals surface area contributed by atoms with Gasteiger partial charge in [0.2, 0.25) is 0 Å². The standard InChI is InChI=1S/C25H39N3O5/c1-3-17(4-2)16-23(30)33-28(22(11-13-29)25(31)32)21-14-18(15-21)7-9-20-10-8-19-6-5-12-26-24(19)27-20/h8,10,17-18,21-22,29H,3-7,9,11-16H2,1-2H3,(H,26,27)(H,31,32)/t18?,21?,22-/m0/s1. The van der Waals surface area contributed by atoms with Gasteiger partial charge < -0.3 is 20.4 Å². The van der Waals surface area contributed by atoms with Crippen molar-refractivity contribution < 1.29 is 24.6 Å². The maximum absolute atomic E-state index is 12.5. The van der Waals surface area contributed by atoms with Crippen LogP contribution in [0.1, 0.15) is 76.5 Å². The maximum atomic E-state index is 12.5. The second-order valence-corrected chi connectivity index (χ2v) is 9.45. The number of aromatic nitrogens is 1. The van der Waals surface area contributed by atoms with Crippen LogP contribution < -0.4 is 5.32 Å². The van der Waals surface area contributed by atoms with E-state index in [9.17, 15) is 19.8 Å². The van der Waals surface area contributed by atoms with E-state index in [0.29, 0.717) is 5.92 Å². The van der Waals surface area contributed by atoms with E-state index in [-0.39, 0.29) is 37.4 Å². The van der Waals surface area contributed by atoms with Gasteiger partial charge >= 0.3 is 11.9 Å². The number of carboxylic acid groups (broad SMARTS) is 1. The normalized spacial score (nSPS) is 20.6. The number of aliphatic carboxylic acids is 1. The summed E-state index contributed by atoms with van der Waals surface area (Å²) in [5, 5.41) is 23.8. The Labute approximate surface area is 196 Å². The van der Waals surface area contributed by atoms with Crippen LogP contribution in [0.4, 0.5) is 5.82 Å². The van der Waals surface area contributed by atoms with Crippen LogP contribution in [0, 0.1) is 11.8 Å². The van der Waals surface area contributed by atoms with E-state index in [1.54, 1.807) is 0 Å². The lowest BCUT2D eigenvalue weighted by atomic mass is 9.76. The average molecular weight is 462 g/mol. The summed E-state index contributed by atoms with van der Waals surface area (Å²) in [7, 11) is 0. The molecule has 8 nitrogen and oxygen atoms in total. The highest BCUT2D eigenvalue weighted by atomic mass is 16.7. The molecular weight excluding hydrogens is 422 g/mol. The highest BCUT2D eigenvalue weighted by Gasteiger charge is 2.41. The van der Waals surface area contributed by atoms with Gasteiger partial charge in [-0.3, -0.25) is 9.59 Å². The van der Waals surface area contributed by atoms with E-state index in [2.05, 4.69) is 17.4 Å². The van der Waals surface area contributed by atoms with Gasteiger partial charge in [-0.05, 0) is 68.4 Å². The third-order valence-electron chi connectivity index (χ3n) is 7.14. The molecule has 1 aliphatic heterocycles. The van der Waals surface area contributed by atoms with Crippen molar-refractivity contribution >= 4 is 17.8 Å². The summed E-state index contributed by atoms with van der Waals surface area (Å²) in [5.74, 6) is 0.211. The predicted molar refractivity (Wildman–Crippen MR) is 126 cm³/mol. The summed E-state index contributed by atoms with van der Waals surface area (Å²) in [6.45, 7) is 4.77. The maximum Gasteiger partial charge on any atom is 0.325 e. The average Bonchev–Trinajstić information content (AvgIpc) is 2.79. The first-order chi connectivity index (χ1) is 15.9. The first-order valence-corrected chi connectivity index (χ1v) is 12.5. The first kappa shape index (κ1) is 25.4. The van der Waals surface area contributed by atoms with Crippen molar-refractivity contribution in [3.8, 4) is 0 Å². The number of hydrogen-bond acceptors (Lipinski definition) is 7. The zero-order valence-electron chi connectivity index (χ0n) is 20.0. The molecule has 1 aromatic heterocycles. The largest absolute Gasteiger partial charge is 0.480 e. The monoisotopic (exact) mass is 461 g/mol. The number of hydroxylamine groups is 2. The summed E-state index contributed by atoms with van der Waals surface area (Å²) in [4.78, 5) is 34.8. The number of aryl methyl sites for hydroxylation is 2. The molecule has 184 valence electrons. The fourth-order valence-corrected chi connectivity index (χ4v) is 4.85. The van der Waals surface area contributed by atoms with Crippen molar-refractivity contribution in [1.82, 2.24) is 10.0 Å². The molecule has 1 aromatic rings. The minimum Gasteiger partial charge on any atom is -0.480 e. The van der Waals surface area contributed by atoms with Gasteiger partial charge in [0.25, 0.3) is 0 Å². The lowest BCUT2D eigenvalue weighted by Crippen LogP contribution is -2.53. The summed E-state index contributed by atoms with van der Waals surface area (Å²) >= 11 is 0. The summed E-state index contributed by atoms with van der Waals surface area (Å²) < 4.78 is 0. The van der Waals surface area contributed by atoms with Gasteiger partial charge in [-0.25, -0.2) is 4.98 Å². The molecule has 33 heavy (non-hydrogen) atoms. The van der Waals surface area contributed by atoms with Crippen molar-refractivity contribution in [1.29, 1.82) is 0 Å². The second-order valence-electron chi connectivity index (χ2n) is 9.45. The zero-order valence-corrected chi connectivity index (χ0v) is 20.0. The molecule has 0 saturated heterocycles. The molecule has 0 unspecified atom stereocenters. The number of anilines is 1. The van der Waals surface area contributed by atoms with E-state index in [0.717, 1.165) is 69.4 Å². The molecule has 1 fully saturated rings. The highest BCUT2D eigenvalue weighted by molar-refractivity contribution is 5.74. The fourth-order valence-electron chi connectivity index (χ4n) is 4.85. The Balaban J connectivity index is 1.56. The van der Waals surface area contributed by atoms with Crippen molar-refractivity contribution in [2.45, 2.75) is 90.1 Å². The Morgan fingerprint density at radius 1 is 1.27 bits per heavy atom. The predicted octanol–water partition coefficient (Wildman–Crippen LogP) is 3.57. The molecular formula is C25H39N3O5. The van der Waals surface area contributed by atoms with E-state index in [1.165, 1.54) is 10.6 Å². The van der Waals surface area contributed by atoms with Crippen LogP contribution in [-0.2, 0) is 27.3 Å². The Bertz CT molecular complexity index is 792. The number of carbonyl (C=O) groups is 2. The minimum absolute atomic E-state index is 0.0286. The molecule has 2 heterocycles. The number of rotatable bonds is 13. The van der Waals surface area contributed by atoms with E-state index in [1.807, 2.05) is 13.8 Å². The molecule has 0 amide bonds. The van der Waals surface area contributed by atoms with Crippen LogP contribution in [0.15, 0.2) is 12.1 Å². The van der Waals surface area contributed by atoms with Crippen molar-refractivity contribution in [3.63, 3.8) is 0 Å². The van der Waals surface area contributed by atoms with Crippen LogP contribution in [0.2, 0.25) is 0 Å². The van der Waals surface area contributed by atoms with Crippen LogP contribution >= 0.6 is 0 Å². The van der Waals surface area contributed by atoms with Crippen LogP contribution in [0.25, 0.3) is 0 Å². The van der Waals surface area contributed by atoms with E-state index < -0.39 is 12.0 Å². The number of nitrogens with zero attached hydrogens (tertiary/aromatic N) is 2. The molecule has 1 atom stereocenters. The van der Waals surface area contributed by atoms with Gasteiger partial charge in [-0.1, -0.05) is 32.8 Å².